The fourth-order valence-electron chi connectivity index (χ4n) is 1.84. The first kappa shape index (κ1) is 12.0. The number of halogens is 1. The molecule has 82 valence electrons. The third-order valence-corrected chi connectivity index (χ3v) is 3.83. The monoisotopic (exact) mass is 261 g/mol. The second kappa shape index (κ2) is 6.44. The van der Waals surface area contributed by atoms with Gasteiger partial charge in [0.15, 0.2) is 0 Å². The number of carbonyl (C=O) groups excluding carboxylic acids is 1. The second-order valence-electron chi connectivity index (χ2n) is 3.97. The second-order valence-corrected chi connectivity index (χ2v) is 5.07. The summed E-state index contributed by atoms with van der Waals surface area (Å²) in [6, 6.07) is 0. The van der Waals surface area contributed by atoms with E-state index in [1.807, 2.05) is 11.8 Å². The molecule has 1 aliphatic heterocycles. The van der Waals surface area contributed by atoms with Crippen molar-refractivity contribution in [1.29, 1.82) is 0 Å². The highest BCUT2D eigenvalue weighted by molar-refractivity contribution is 9.10. The van der Waals surface area contributed by atoms with Crippen molar-refractivity contribution >= 4 is 21.8 Å². The van der Waals surface area contributed by atoms with E-state index in [0.29, 0.717) is 0 Å². The number of hydrogen-bond acceptors (Lipinski definition) is 1. The molecule has 1 aliphatic rings. The molecule has 1 saturated heterocycles. The molecule has 14 heavy (non-hydrogen) atoms. The summed E-state index contributed by atoms with van der Waals surface area (Å²) in [6.45, 7) is 3.96. The third-order valence-electron chi connectivity index (χ3n) is 2.79. The fraction of sp³-hybridized carbons (Fsp3) is 0.909. The molecule has 1 atom stereocenters. The van der Waals surface area contributed by atoms with E-state index < -0.39 is 0 Å². The lowest BCUT2D eigenvalue weighted by molar-refractivity contribution is -0.130. The van der Waals surface area contributed by atoms with Gasteiger partial charge in [-0.05, 0) is 19.3 Å². The summed E-state index contributed by atoms with van der Waals surface area (Å²) in [7, 11) is 0. The molecule has 1 fully saturated rings. The molecule has 1 rings (SSSR count). The number of rotatable bonds is 2. The summed E-state index contributed by atoms with van der Waals surface area (Å²) in [4.78, 5) is 13.9. The van der Waals surface area contributed by atoms with Crippen LogP contribution in [0.1, 0.15) is 45.4 Å². The first-order valence-corrected chi connectivity index (χ1v) is 6.60. The van der Waals surface area contributed by atoms with E-state index in [2.05, 4.69) is 15.9 Å². The van der Waals surface area contributed by atoms with Crippen molar-refractivity contribution in [3.05, 3.63) is 0 Å². The minimum absolute atomic E-state index is 0.0296. The zero-order valence-electron chi connectivity index (χ0n) is 8.97. The molecular weight excluding hydrogens is 242 g/mol. The van der Waals surface area contributed by atoms with Gasteiger partial charge in [-0.15, -0.1) is 0 Å². The Hall–Kier alpha value is -0.0500. The van der Waals surface area contributed by atoms with Crippen molar-refractivity contribution in [1.82, 2.24) is 4.90 Å². The average molecular weight is 262 g/mol. The highest BCUT2D eigenvalue weighted by atomic mass is 79.9. The largest absolute Gasteiger partial charge is 0.342 e. The summed E-state index contributed by atoms with van der Waals surface area (Å²) in [5.74, 6) is 0.286. The van der Waals surface area contributed by atoms with Crippen LogP contribution in [-0.2, 0) is 4.79 Å². The molecule has 0 aliphatic carbocycles. The number of hydrogen-bond donors (Lipinski definition) is 0. The molecule has 0 spiro atoms. The Morgan fingerprint density at radius 2 is 1.71 bits per heavy atom. The van der Waals surface area contributed by atoms with Crippen LogP contribution >= 0.6 is 15.9 Å². The average Bonchev–Trinajstić information content (AvgIpc) is 2.15. The summed E-state index contributed by atoms with van der Waals surface area (Å²) in [6.07, 6.45) is 7.14. The van der Waals surface area contributed by atoms with Crippen LogP contribution in [0.5, 0.6) is 0 Å². The lowest BCUT2D eigenvalue weighted by Gasteiger charge is -2.26. The normalized spacial score (nSPS) is 21.1. The fourth-order valence-corrected chi connectivity index (χ4v) is 2.13. The minimum Gasteiger partial charge on any atom is -0.342 e. The lowest BCUT2D eigenvalue weighted by atomic mass is 10.1. The van der Waals surface area contributed by atoms with Crippen molar-refractivity contribution in [2.75, 3.05) is 13.1 Å². The van der Waals surface area contributed by atoms with E-state index in [1.54, 1.807) is 0 Å². The van der Waals surface area contributed by atoms with Crippen LogP contribution < -0.4 is 0 Å². The van der Waals surface area contributed by atoms with E-state index in [4.69, 9.17) is 0 Å². The standard InChI is InChI=1S/C11H20BrNO/c1-2-10(12)11(14)13-8-6-4-3-5-7-9-13/h10H,2-9H2,1H3. The van der Waals surface area contributed by atoms with Crippen molar-refractivity contribution in [2.45, 2.75) is 50.3 Å². The predicted octanol–water partition coefficient (Wildman–Crippen LogP) is 2.95. The van der Waals surface area contributed by atoms with Crippen LogP contribution in [0, 0.1) is 0 Å². The molecular formula is C11H20BrNO. The maximum atomic E-state index is 11.9. The maximum absolute atomic E-state index is 11.9. The van der Waals surface area contributed by atoms with Crippen molar-refractivity contribution in [3.8, 4) is 0 Å². The van der Waals surface area contributed by atoms with Crippen molar-refractivity contribution < 1.29 is 4.79 Å². The molecule has 1 amide bonds. The Kier molecular flexibility index (Phi) is 5.53. The van der Waals surface area contributed by atoms with Gasteiger partial charge in [0, 0.05) is 13.1 Å². The van der Waals surface area contributed by atoms with Gasteiger partial charge >= 0.3 is 0 Å². The van der Waals surface area contributed by atoms with Crippen LogP contribution in [0.15, 0.2) is 0 Å². The van der Waals surface area contributed by atoms with Crippen LogP contribution in [-0.4, -0.2) is 28.7 Å². The number of amides is 1. The predicted molar refractivity (Wildman–Crippen MR) is 62.7 cm³/mol. The van der Waals surface area contributed by atoms with Crippen molar-refractivity contribution in [2.24, 2.45) is 0 Å². The highest BCUT2D eigenvalue weighted by Gasteiger charge is 2.20. The molecule has 0 N–H and O–H groups in total. The van der Waals surface area contributed by atoms with Crippen LogP contribution in [0.25, 0.3) is 0 Å². The van der Waals surface area contributed by atoms with Crippen LogP contribution in [0.3, 0.4) is 0 Å². The Labute approximate surface area is 95.2 Å². The number of likely N-dealkylation sites (tertiary alicyclic amines) is 1. The smallest absolute Gasteiger partial charge is 0.236 e. The highest BCUT2D eigenvalue weighted by Crippen LogP contribution is 2.14. The molecule has 1 unspecified atom stereocenters. The van der Waals surface area contributed by atoms with Gasteiger partial charge in [0.1, 0.15) is 0 Å². The molecule has 3 heteroatoms. The molecule has 0 aromatic rings. The zero-order valence-corrected chi connectivity index (χ0v) is 10.6. The van der Waals surface area contributed by atoms with E-state index in [-0.39, 0.29) is 10.7 Å². The van der Waals surface area contributed by atoms with E-state index in [1.165, 1.54) is 32.1 Å². The first-order valence-electron chi connectivity index (χ1n) is 5.68. The van der Waals surface area contributed by atoms with Gasteiger partial charge < -0.3 is 4.90 Å². The van der Waals surface area contributed by atoms with Gasteiger partial charge in [-0.3, -0.25) is 4.79 Å². The summed E-state index contributed by atoms with van der Waals surface area (Å²) < 4.78 is 0. The number of carbonyl (C=O) groups is 1. The molecule has 0 aromatic heterocycles. The molecule has 0 aromatic carbocycles. The Balaban J connectivity index is 2.42. The lowest BCUT2D eigenvalue weighted by Crippen LogP contribution is -2.38. The van der Waals surface area contributed by atoms with Gasteiger partial charge in [0.05, 0.1) is 4.83 Å². The van der Waals surface area contributed by atoms with E-state index >= 15 is 0 Å². The quantitative estimate of drug-likeness (QED) is 0.701. The molecule has 1 heterocycles. The van der Waals surface area contributed by atoms with Gasteiger partial charge in [-0.2, -0.15) is 0 Å². The Morgan fingerprint density at radius 3 is 2.21 bits per heavy atom. The zero-order chi connectivity index (χ0) is 10.4. The maximum Gasteiger partial charge on any atom is 0.236 e. The van der Waals surface area contributed by atoms with Gasteiger partial charge in [-0.1, -0.05) is 42.1 Å². The van der Waals surface area contributed by atoms with E-state index in [0.717, 1.165) is 19.5 Å². The van der Waals surface area contributed by atoms with Crippen molar-refractivity contribution in [3.63, 3.8) is 0 Å². The number of alkyl halides is 1. The summed E-state index contributed by atoms with van der Waals surface area (Å²) in [5.41, 5.74) is 0. The van der Waals surface area contributed by atoms with Gasteiger partial charge in [-0.25, -0.2) is 0 Å². The topological polar surface area (TPSA) is 20.3 Å². The first-order chi connectivity index (χ1) is 6.75. The molecule has 0 bridgehead atoms. The summed E-state index contributed by atoms with van der Waals surface area (Å²) in [5, 5.41) is 0. The van der Waals surface area contributed by atoms with E-state index in [9.17, 15) is 4.79 Å². The SMILES string of the molecule is CCC(Br)C(=O)N1CCCCCCC1. The molecule has 0 radical (unpaired) electrons. The van der Waals surface area contributed by atoms with Gasteiger partial charge in [0.25, 0.3) is 0 Å². The Bertz CT molecular complexity index is 176. The van der Waals surface area contributed by atoms with Gasteiger partial charge in [0.2, 0.25) is 5.91 Å². The Morgan fingerprint density at radius 1 is 1.21 bits per heavy atom. The molecule has 2 nitrogen and oxygen atoms in total. The minimum atomic E-state index is 0.0296. The van der Waals surface area contributed by atoms with Crippen LogP contribution in [0.4, 0.5) is 0 Å². The summed E-state index contributed by atoms with van der Waals surface area (Å²) >= 11 is 3.43. The number of nitrogens with zero attached hydrogens (tertiary/aromatic N) is 1. The third kappa shape index (κ3) is 3.60. The van der Waals surface area contributed by atoms with Crippen LogP contribution in [0.2, 0.25) is 0 Å². The molecule has 0 saturated carbocycles.